The first-order chi connectivity index (χ1) is 6.85. The summed E-state index contributed by atoms with van der Waals surface area (Å²) >= 11 is 5.92. The summed E-state index contributed by atoms with van der Waals surface area (Å²) in [5.41, 5.74) is -0.192. The zero-order chi connectivity index (χ0) is 9.86. The molecule has 1 atom stereocenters. The molecule has 0 aromatic carbocycles. The molecule has 14 heavy (non-hydrogen) atoms. The number of ether oxygens (including phenoxy) is 1. The summed E-state index contributed by atoms with van der Waals surface area (Å²) in [4.78, 5) is 8.20. The van der Waals surface area contributed by atoms with E-state index in [4.69, 9.17) is 16.3 Å². The summed E-state index contributed by atoms with van der Waals surface area (Å²) in [5.74, 6) is 1.12. The molecule has 76 valence electrons. The van der Waals surface area contributed by atoms with Crippen LogP contribution in [-0.2, 0) is 4.74 Å². The monoisotopic (exact) mass is 213 g/mol. The van der Waals surface area contributed by atoms with Gasteiger partial charge in [-0.15, -0.1) is 11.6 Å². The van der Waals surface area contributed by atoms with Crippen LogP contribution in [0.3, 0.4) is 0 Å². The van der Waals surface area contributed by atoms with Crippen LogP contribution in [-0.4, -0.2) is 34.6 Å². The average Bonchev–Trinajstić information content (AvgIpc) is 2.69. The number of nitrogens with zero attached hydrogens (tertiary/aromatic N) is 2. The van der Waals surface area contributed by atoms with Gasteiger partial charge >= 0.3 is 0 Å². The molecule has 0 saturated carbocycles. The molecule has 0 amide bonds. The van der Waals surface area contributed by atoms with E-state index in [-0.39, 0.29) is 5.54 Å². The SMILES string of the molecule is ClCC1(Nc2ncccn2)CCOC1. The summed E-state index contributed by atoms with van der Waals surface area (Å²) in [6.45, 7) is 1.36. The van der Waals surface area contributed by atoms with Gasteiger partial charge in [-0.3, -0.25) is 0 Å². The van der Waals surface area contributed by atoms with Crippen LogP contribution in [0, 0.1) is 0 Å². The Hall–Kier alpha value is -0.870. The molecule has 1 aromatic heterocycles. The number of anilines is 1. The Morgan fingerprint density at radius 1 is 1.50 bits per heavy atom. The molecule has 1 unspecified atom stereocenters. The first-order valence-electron chi connectivity index (χ1n) is 4.54. The maximum absolute atomic E-state index is 5.92. The highest BCUT2D eigenvalue weighted by molar-refractivity contribution is 6.18. The highest BCUT2D eigenvalue weighted by Gasteiger charge is 2.34. The number of hydrogen-bond acceptors (Lipinski definition) is 4. The Morgan fingerprint density at radius 3 is 2.86 bits per heavy atom. The van der Waals surface area contributed by atoms with E-state index in [2.05, 4.69) is 15.3 Å². The van der Waals surface area contributed by atoms with Gasteiger partial charge in [0.05, 0.1) is 12.1 Å². The normalized spacial score (nSPS) is 26.4. The van der Waals surface area contributed by atoms with Gasteiger partial charge in [0.15, 0.2) is 0 Å². The fourth-order valence-corrected chi connectivity index (χ4v) is 1.72. The van der Waals surface area contributed by atoms with Crippen molar-refractivity contribution in [2.75, 3.05) is 24.4 Å². The Kier molecular flexibility index (Phi) is 2.84. The fraction of sp³-hybridized carbons (Fsp3) is 0.556. The van der Waals surface area contributed by atoms with E-state index < -0.39 is 0 Å². The third kappa shape index (κ3) is 1.96. The molecule has 0 radical (unpaired) electrons. The van der Waals surface area contributed by atoms with E-state index in [0.29, 0.717) is 18.4 Å². The number of alkyl halides is 1. The van der Waals surface area contributed by atoms with Crippen LogP contribution in [0.5, 0.6) is 0 Å². The molecular formula is C9H12ClN3O. The van der Waals surface area contributed by atoms with Crippen LogP contribution in [0.25, 0.3) is 0 Å². The van der Waals surface area contributed by atoms with Gasteiger partial charge in [-0.25, -0.2) is 9.97 Å². The van der Waals surface area contributed by atoms with Gasteiger partial charge in [-0.05, 0) is 12.5 Å². The van der Waals surface area contributed by atoms with Crippen molar-refractivity contribution in [3.8, 4) is 0 Å². The second kappa shape index (κ2) is 4.11. The molecule has 0 aliphatic carbocycles. The summed E-state index contributed by atoms with van der Waals surface area (Å²) in [7, 11) is 0. The fourth-order valence-electron chi connectivity index (χ4n) is 1.45. The third-order valence-electron chi connectivity index (χ3n) is 2.30. The smallest absolute Gasteiger partial charge is 0.223 e. The molecule has 1 fully saturated rings. The first-order valence-corrected chi connectivity index (χ1v) is 5.07. The summed E-state index contributed by atoms with van der Waals surface area (Å²) in [5, 5.41) is 3.22. The zero-order valence-electron chi connectivity index (χ0n) is 7.74. The van der Waals surface area contributed by atoms with Crippen LogP contribution in [0.2, 0.25) is 0 Å². The molecule has 2 rings (SSSR count). The van der Waals surface area contributed by atoms with Crippen molar-refractivity contribution < 1.29 is 4.74 Å². The highest BCUT2D eigenvalue weighted by atomic mass is 35.5. The van der Waals surface area contributed by atoms with Crippen molar-refractivity contribution in [1.82, 2.24) is 9.97 Å². The average molecular weight is 214 g/mol. The summed E-state index contributed by atoms with van der Waals surface area (Å²) in [6, 6.07) is 1.78. The maximum Gasteiger partial charge on any atom is 0.223 e. The minimum absolute atomic E-state index is 0.192. The van der Waals surface area contributed by atoms with Gasteiger partial charge in [0, 0.05) is 24.9 Å². The van der Waals surface area contributed by atoms with Crippen LogP contribution in [0.15, 0.2) is 18.5 Å². The molecule has 4 nitrogen and oxygen atoms in total. The van der Waals surface area contributed by atoms with Crippen LogP contribution in [0.1, 0.15) is 6.42 Å². The van der Waals surface area contributed by atoms with Crippen molar-refractivity contribution in [2.24, 2.45) is 0 Å². The quantitative estimate of drug-likeness (QED) is 0.769. The lowest BCUT2D eigenvalue weighted by Gasteiger charge is -2.25. The molecule has 0 spiro atoms. The third-order valence-corrected chi connectivity index (χ3v) is 2.81. The van der Waals surface area contributed by atoms with Crippen molar-refractivity contribution in [3.63, 3.8) is 0 Å². The van der Waals surface area contributed by atoms with Gasteiger partial charge < -0.3 is 10.1 Å². The molecule has 1 N–H and O–H groups in total. The Balaban J connectivity index is 2.08. The highest BCUT2D eigenvalue weighted by Crippen LogP contribution is 2.23. The van der Waals surface area contributed by atoms with E-state index >= 15 is 0 Å². The summed E-state index contributed by atoms with van der Waals surface area (Å²) in [6.07, 6.45) is 4.30. The van der Waals surface area contributed by atoms with Crippen molar-refractivity contribution in [3.05, 3.63) is 18.5 Å². The van der Waals surface area contributed by atoms with Gasteiger partial charge in [0.25, 0.3) is 0 Å². The molecule has 5 heteroatoms. The lowest BCUT2D eigenvalue weighted by atomic mass is 10.0. The Morgan fingerprint density at radius 2 is 2.29 bits per heavy atom. The molecule has 1 aromatic rings. The van der Waals surface area contributed by atoms with Gasteiger partial charge in [0.1, 0.15) is 0 Å². The molecule has 0 bridgehead atoms. The van der Waals surface area contributed by atoms with E-state index in [1.807, 2.05) is 0 Å². The number of hydrogen-bond donors (Lipinski definition) is 1. The maximum atomic E-state index is 5.92. The van der Waals surface area contributed by atoms with Crippen molar-refractivity contribution >= 4 is 17.5 Å². The largest absolute Gasteiger partial charge is 0.379 e. The second-order valence-electron chi connectivity index (χ2n) is 3.41. The topological polar surface area (TPSA) is 47.0 Å². The number of aromatic nitrogens is 2. The van der Waals surface area contributed by atoms with Crippen LogP contribution in [0.4, 0.5) is 5.95 Å². The second-order valence-corrected chi connectivity index (χ2v) is 3.68. The molecule has 1 aliphatic rings. The van der Waals surface area contributed by atoms with Crippen molar-refractivity contribution in [1.29, 1.82) is 0 Å². The Bertz CT molecular complexity index is 287. The predicted octanol–water partition coefficient (Wildman–Crippen LogP) is 1.29. The van der Waals surface area contributed by atoms with Crippen molar-refractivity contribution in [2.45, 2.75) is 12.0 Å². The zero-order valence-corrected chi connectivity index (χ0v) is 8.50. The van der Waals surface area contributed by atoms with E-state index in [9.17, 15) is 0 Å². The van der Waals surface area contributed by atoms with Gasteiger partial charge in [-0.2, -0.15) is 0 Å². The number of nitrogens with one attached hydrogen (secondary N) is 1. The first kappa shape index (κ1) is 9.68. The van der Waals surface area contributed by atoms with E-state index in [1.54, 1.807) is 18.5 Å². The standard InChI is InChI=1S/C9H12ClN3O/c10-6-9(2-5-14-7-9)13-8-11-3-1-4-12-8/h1,3-4H,2,5-7H2,(H,11,12,13). The number of halogens is 1. The predicted molar refractivity (Wildman–Crippen MR) is 54.5 cm³/mol. The van der Waals surface area contributed by atoms with Gasteiger partial charge in [-0.1, -0.05) is 0 Å². The summed E-state index contributed by atoms with van der Waals surface area (Å²) < 4.78 is 5.32. The van der Waals surface area contributed by atoms with Crippen LogP contribution >= 0.6 is 11.6 Å². The lowest BCUT2D eigenvalue weighted by Crippen LogP contribution is -2.41. The minimum atomic E-state index is -0.192. The van der Waals surface area contributed by atoms with E-state index in [1.165, 1.54) is 0 Å². The lowest BCUT2D eigenvalue weighted by molar-refractivity contribution is 0.185. The molecular weight excluding hydrogens is 202 g/mol. The molecule has 2 heterocycles. The Labute approximate surface area is 87.7 Å². The molecule has 1 aliphatic heterocycles. The van der Waals surface area contributed by atoms with Gasteiger partial charge in [0.2, 0.25) is 5.95 Å². The van der Waals surface area contributed by atoms with Crippen LogP contribution < -0.4 is 5.32 Å². The number of rotatable bonds is 3. The molecule has 1 saturated heterocycles. The van der Waals surface area contributed by atoms with E-state index in [0.717, 1.165) is 13.0 Å². The minimum Gasteiger partial charge on any atom is -0.379 e.